The maximum atomic E-state index is 12.6. The molecule has 4 rings (SSSR count). The van der Waals surface area contributed by atoms with Crippen LogP contribution in [0.4, 0.5) is 0 Å². The second-order valence-corrected chi connectivity index (χ2v) is 6.98. The lowest BCUT2D eigenvalue weighted by Crippen LogP contribution is -2.32. The van der Waals surface area contributed by atoms with Crippen LogP contribution in [-0.4, -0.2) is 43.6 Å². The van der Waals surface area contributed by atoms with E-state index in [1.54, 1.807) is 23.3 Å². The van der Waals surface area contributed by atoms with Gasteiger partial charge in [-0.2, -0.15) is 5.10 Å². The summed E-state index contributed by atoms with van der Waals surface area (Å²) in [6.07, 6.45) is 8.44. The summed E-state index contributed by atoms with van der Waals surface area (Å²) in [6.45, 7) is 4.61. The van der Waals surface area contributed by atoms with Gasteiger partial charge in [0.15, 0.2) is 11.6 Å². The van der Waals surface area contributed by atoms with Crippen LogP contribution in [0.5, 0.6) is 0 Å². The lowest BCUT2D eigenvalue weighted by atomic mass is 10.1. The second-order valence-electron chi connectivity index (χ2n) is 6.98. The Labute approximate surface area is 163 Å². The Morgan fingerprint density at radius 1 is 1.25 bits per heavy atom. The Morgan fingerprint density at radius 3 is 2.89 bits per heavy atom. The molecule has 0 bridgehead atoms. The average Bonchev–Trinajstić information content (AvgIpc) is 3.44. The van der Waals surface area contributed by atoms with Crippen molar-refractivity contribution in [3.63, 3.8) is 0 Å². The molecule has 1 saturated heterocycles. The summed E-state index contributed by atoms with van der Waals surface area (Å²) in [6, 6.07) is 7.55. The molecule has 0 aliphatic carbocycles. The number of nitrogens with zero attached hydrogens (tertiary/aromatic N) is 5. The van der Waals surface area contributed by atoms with Crippen LogP contribution in [0.15, 0.2) is 47.5 Å². The molecule has 4 heterocycles. The van der Waals surface area contributed by atoms with Crippen LogP contribution < -0.4 is 5.32 Å². The lowest BCUT2D eigenvalue weighted by molar-refractivity contribution is 0.0914. The molecule has 146 valence electrons. The van der Waals surface area contributed by atoms with Crippen molar-refractivity contribution in [3.05, 3.63) is 60.2 Å². The Hall–Kier alpha value is -3.00. The SMILES string of the molecule is C[C@@H](c1ccc(C(=O)NCc2cccnc2-n2cncn2)o1)N1CCCCC1. The van der Waals surface area contributed by atoms with Gasteiger partial charge in [0.05, 0.1) is 6.04 Å². The molecular weight excluding hydrogens is 356 g/mol. The normalized spacial score (nSPS) is 16.0. The van der Waals surface area contributed by atoms with Crippen molar-refractivity contribution in [1.29, 1.82) is 0 Å². The van der Waals surface area contributed by atoms with Crippen LogP contribution in [0, 0.1) is 0 Å². The van der Waals surface area contributed by atoms with Crippen molar-refractivity contribution in [3.8, 4) is 5.82 Å². The minimum atomic E-state index is -0.245. The molecular formula is C20H24N6O2. The summed E-state index contributed by atoms with van der Waals surface area (Å²) in [4.78, 5) is 23.2. The fraction of sp³-hybridized carbons (Fsp3) is 0.400. The maximum absolute atomic E-state index is 12.6. The number of hydrogen-bond acceptors (Lipinski definition) is 6. The number of aromatic nitrogens is 4. The zero-order valence-electron chi connectivity index (χ0n) is 15.9. The van der Waals surface area contributed by atoms with Crippen LogP contribution in [-0.2, 0) is 6.54 Å². The molecule has 1 aliphatic rings. The summed E-state index contributed by atoms with van der Waals surface area (Å²) < 4.78 is 7.43. The number of furan rings is 1. The molecule has 8 heteroatoms. The standard InChI is InChI=1S/C20H24N6O2/c1-15(25-10-3-2-4-11-25)17-7-8-18(28-17)20(27)23-12-16-6-5-9-22-19(16)26-14-21-13-24-26/h5-9,13-15H,2-4,10-12H2,1H3,(H,23,27)/t15-/m0/s1. The zero-order chi connectivity index (χ0) is 19.3. The minimum absolute atomic E-state index is 0.180. The molecule has 0 spiro atoms. The van der Waals surface area contributed by atoms with Crippen LogP contribution in [0.1, 0.15) is 54.1 Å². The molecule has 1 N–H and O–H groups in total. The van der Waals surface area contributed by atoms with Gasteiger partial charge in [0, 0.05) is 18.3 Å². The van der Waals surface area contributed by atoms with Crippen LogP contribution in [0.2, 0.25) is 0 Å². The fourth-order valence-corrected chi connectivity index (χ4v) is 3.54. The summed E-state index contributed by atoms with van der Waals surface area (Å²) in [5.41, 5.74) is 0.842. The Balaban J connectivity index is 1.41. The highest BCUT2D eigenvalue weighted by molar-refractivity contribution is 5.91. The molecule has 1 atom stereocenters. The molecule has 8 nitrogen and oxygen atoms in total. The van der Waals surface area contributed by atoms with Crippen molar-refractivity contribution in [2.24, 2.45) is 0 Å². The van der Waals surface area contributed by atoms with Gasteiger partial charge in [-0.05, 0) is 51.1 Å². The topological polar surface area (TPSA) is 89.1 Å². The molecule has 3 aromatic rings. The second kappa shape index (κ2) is 8.35. The average molecular weight is 380 g/mol. The third kappa shape index (κ3) is 3.96. The summed E-state index contributed by atoms with van der Waals surface area (Å²) in [5.74, 6) is 1.55. The first kappa shape index (κ1) is 18.4. The Bertz CT molecular complexity index is 914. The first-order valence-electron chi connectivity index (χ1n) is 9.63. The van der Waals surface area contributed by atoms with E-state index in [4.69, 9.17) is 4.42 Å². The van der Waals surface area contributed by atoms with E-state index in [-0.39, 0.29) is 11.9 Å². The largest absolute Gasteiger partial charge is 0.454 e. The molecule has 3 aromatic heterocycles. The fourth-order valence-electron chi connectivity index (χ4n) is 3.54. The lowest BCUT2D eigenvalue weighted by Gasteiger charge is -2.31. The number of likely N-dealkylation sites (tertiary alicyclic amines) is 1. The van der Waals surface area contributed by atoms with Gasteiger partial charge in [-0.1, -0.05) is 12.5 Å². The van der Waals surface area contributed by atoms with Crippen molar-refractivity contribution in [1.82, 2.24) is 30.0 Å². The van der Waals surface area contributed by atoms with E-state index < -0.39 is 0 Å². The highest BCUT2D eigenvalue weighted by Crippen LogP contribution is 2.25. The molecule has 0 aromatic carbocycles. The van der Waals surface area contributed by atoms with Gasteiger partial charge in [0.1, 0.15) is 18.4 Å². The van der Waals surface area contributed by atoms with Crippen molar-refractivity contribution < 1.29 is 9.21 Å². The smallest absolute Gasteiger partial charge is 0.287 e. The molecule has 0 radical (unpaired) electrons. The molecule has 28 heavy (non-hydrogen) atoms. The molecule has 0 unspecified atom stereocenters. The third-order valence-electron chi connectivity index (χ3n) is 5.14. The van der Waals surface area contributed by atoms with E-state index in [0.717, 1.165) is 24.4 Å². The van der Waals surface area contributed by atoms with E-state index in [0.29, 0.717) is 18.1 Å². The number of pyridine rings is 1. The first-order chi connectivity index (χ1) is 13.7. The van der Waals surface area contributed by atoms with Crippen LogP contribution in [0.25, 0.3) is 5.82 Å². The van der Waals surface area contributed by atoms with E-state index in [1.165, 1.54) is 25.6 Å². The van der Waals surface area contributed by atoms with Gasteiger partial charge < -0.3 is 9.73 Å². The summed E-state index contributed by atoms with van der Waals surface area (Å²) in [5, 5.41) is 7.01. The number of nitrogens with one attached hydrogen (secondary N) is 1. The van der Waals surface area contributed by atoms with Gasteiger partial charge in [0.2, 0.25) is 0 Å². The summed E-state index contributed by atoms with van der Waals surface area (Å²) in [7, 11) is 0. The highest BCUT2D eigenvalue weighted by Gasteiger charge is 2.22. The number of piperidine rings is 1. The van der Waals surface area contributed by atoms with E-state index in [2.05, 4.69) is 32.2 Å². The predicted octanol–water partition coefficient (Wildman–Crippen LogP) is 2.73. The quantitative estimate of drug-likeness (QED) is 0.707. The zero-order valence-corrected chi connectivity index (χ0v) is 15.9. The molecule has 1 amide bonds. The molecule has 0 saturated carbocycles. The van der Waals surface area contributed by atoms with Gasteiger partial charge in [-0.3, -0.25) is 9.69 Å². The highest BCUT2D eigenvalue weighted by atomic mass is 16.4. The molecule has 1 aliphatic heterocycles. The van der Waals surface area contributed by atoms with Crippen molar-refractivity contribution >= 4 is 5.91 Å². The molecule has 1 fully saturated rings. The Morgan fingerprint density at radius 2 is 2.11 bits per heavy atom. The van der Waals surface area contributed by atoms with E-state index >= 15 is 0 Å². The number of rotatable bonds is 6. The summed E-state index contributed by atoms with van der Waals surface area (Å²) >= 11 is 0. The van der Waals surface area contributed by atoms with Gasteiger partial charge >= 0.3 is 0 Å². The van der Waals surface area contributed by atoms with Crippen molar-refractivity contribution in [2.45, 2.75) is 38.8 Å². The van der Waals surface area contributed by atoms with Gasteiger partial charge in [0.25, 0.3) is 5.91 Å². The van der Waals surface area contributed by atoms with Crippen LogP contribution in [0.3, 0.4) is 0 Å². The number of hydrogen-bond donors (Lipinski definition) is 1. The van der Waals surface area contributed by atoms with Crippen LogP contribution >= 0.6 is 0 Å². The number of carbonyl (C=O) groups is 1. The predicted molar refractivity (Wildman–Crippen MR) is 103 cm³/mol. The van der Waals surface area contributed by atoms with E-state index in [9.17, 15) is 4.79 Å². The monoisotopic (exact) mass is 380 g/mol. The number of amides is 1. The minimum Gasteiger partial charge on any atom is -0.454 e. The number of carbonyl (C=O) groups excluding carboxylic acids is 1. The van der Waals surface area contributed by atoms with Gasteiger partial charge in [-0.15, -0.1) is 0 Å². The van der Waals surface area contributed by atoms with Gasteiger partial charge in [-0.25, -0.2) is 14.6 Å². The van der Waals surface area contributed by atoms with E-state index in [1.807, 2.05) is 18.2 Å². The van der Waals surface area contributed by atoms with Crippen molar-refractivity contribution in [2.75, 3.05) is 13.1 Å². The first-order valence-corrected chi connectivity index (χ1v) is 9.63. The maximum Gasteiger partial charge on any atom is 0.287 e. The Kier molecular flexibility index (Phi) is 5.48. The third-order valence-corrected chi connectivity index (χ3v) is 5.14.